The summed E-state index contributed by atoms with van der Waals surface area (Å²) in [6.45, 7) is 5.80. The largest absolute Gasteiger partial charge is 0.480 e. The van der Waals surface area contributed by atoms with E-state index in [4.69, 9.17) is 23.2 Å². The van der Waals surface area contributed by atoms with Crippen molar-refractivity contribution in [3.63, 3.8) is 0 Å². The van der Waals surface area contributed by atoms with Gasteiger partial charge in [0, 0.05) is 22.4 Å². The third-order valence-electron chi connectivity index (χ3n) is 7.77. The fraction of sp³-hybridized carbons (Fsp3) is 0.483. The van der Waals surface area contributed by atoms with E-state index < -0.39 is 35.3 Å². The molecular formula is C29H33Cl2NO4. The van der Waals surface area contributed by atoms with Crippen LogP contribution in [-0.2, 0) is 9.59 Å². The number of Topliss-reactive ketones (excluding diaryl/α,β-unsaturated/α-hetero) is 1. The number of benzene rings is 2. The van der Waals surface area contributed by atoms with Crippen LogP contribution in [0.15, 0.2) is 48.5 Å². The first kappa shape index (κ1) is 26.7. The summed E-state index contributed by atoms with van der Waals surface area (Å²) in [5.74, 6) is -3.24. The first-order valence-corrected chi connectivity index (χ1v) is 13.4. The smallest absolute Gasteiger partial charge is 0.326 e. The Morgan fingerprint density at radius 1 is 0.944 bits per heavy atom. The molecule has 1 N–H and O–H groups in total. The van der Waals surface area contributed by atoms with E-state index in [0.717, 1.165) is 37.7 Å². The molecule has 1 aliphatic carbocycles. The Kier molecular flexibility index (Phi) is 7.82. The Labute approximate surface area is 222 Å². The summed E-state index contributed by atoms with van der Waals surface area (Å²) in [6, 6.07) is 12.2. The Balaban J connectivity index is 1.94. The fourth-order valence-electron chi connectivity index (χ4n) is 6.22. The minimum absolute atomic E-state index is 0.169. The van der Waals surface area contributed by atoms with Crippen molar-refractivity contribution in [3.8, 4) is 0 Å². The second kappa shape index (κ2) is 10.5. The van der Waals surface area contributed by atoms with Gasteiger partial charge in [-0.15, -0.1) is 0 Å². The number of amides is 1. The average Bonchev–Trinajstić information content (AvgIpc) is 3.23. The van der Waals surface area contributed by atoms with E-state index in [9.17, 15) is 19.5 Å². The van der Waals surface area contributed by atoms with E-state index in [0.29, 0.717) is 5.02 Å². The molecule has 1 saturated carbocycles. The standard InChI is InChI=1S/C29H33Cl2NO4/c1-29(2,3)23-22(26(33)20-16-19(30)14-15-21(20)31)24(17-10-6-4-7-11-17)32(25(23)28(35)36)27(34)18-12-8-5-9-13-18/h4,6-7,10-11,14-16,18,22-25H,5,8-9,12-13H2,1-3H3,(H,35,36)/t22-,23-,24-,25-/m0/s1. The maximum Gasteiger partial charge on any atom is 0.326 e. The normalized spacial score (nSPS) is 25.1. The second-order valence-electron chi connectivity index (χ2n) is 11.1. The third-order valence-corrected chi connectivity index (χ3v) is 8.33. The lowest BCUT2D eigenvalue weighted by atomic mass is 9.67. The van der Waals surface area contributed by atoms with Gasteiger partial charge in [-0.1, -0.05) is 93.6 Å². The summed E-state index contributed by atoms with van der Waals surface area (Å²) in [7, 11) is 0. The number of carboxylic acid groups (broad SMARTS) is 1. The molecule has 36 heavy (non-hydrogen) atoms. The first-order chi connectivity index (χ1) is 17.0. The molecule has 1 aliphatic heterocycles. The summed E-state index contributed by atoms with van der Waals surface area (Å²) >= 11 is 12.7. The molecule has 2 aromatic rings. The number of hydrogen-bond donors (Lipinski definition) is 1. The average molecular weight is 530 g/mol. The van der Waals surface area contributed by atoms with Crippen molar-refractivity contribution in [3.05, 3.63) is 69.7 Å². The maximum absolute atomic E-state index is 14.3. The number of carbonyl (C=O) groups excluding carboxylic acids is 2. The minimum atomic E-state index is -1.14. The van der Waals surface area contributed by atoms with Crippen LogP contribution in [0.2, 0.25) is 10.0 Å². The van der Waals surface area contributed by atoms with Gasteiger partial charge in [0.2, 0.25) is 5.91 Å². The van der Waals surface area contributed by atoms with Gasteiger partial charge in [-0.3, -0.25) is 9.59 Å². The van der Waals surface area contributed by atoms with E-state index in [1.54, 1.807) is 12.1 Å². The maximum atomic E-state index is 14.3. The van der Waals surface area contributed by atoms with Gasteiger partial charge < -0.3 is 10.0 Å². The summed E-state index contributed by atoms with van der Waals surface area (Å²) in [4.78, 5) is 42.8. The minimum Gasteiger partial charge on any atom is -0.480 e. The van der Waals surface area contributed by atoms with Crippen LogP contribution in [0.1, 0.15) is 74.8 Å². The van der Waals surface area contributed by atoms with E-state index in [2.05, 4.69) is 0 Å². The molecular weight excluding hydrogens is 497 g/mol. The first-order valence-electron chi connectivity index (χ1n) is 12.6. The van der Waals surface area contributed by atoms with Gasteiger partial charge in [-0.25, -0.2) is 4.79 Å². The predicted octanol–water partition coefficient (Wildman–Crippen LogP) is 7.07. The Bertz CT molecular complexity index is 1140. The van der Waals surface area contributed by atoms with Crippen molar-refractivity contribution in [2.24, 2.45) is 23.2 Å². The molecule has 2 aromatic carbocycles. The second-order valence-corrected chi connectivity index (χ2v) is 12.0. The monoisotopic (exact) mass is 529 g/mol. The quantitative estimate of drug-likeness (QED) is 0.420. The molecule has 2 aliphatic rings. The lowest BCUT2D eigenvalue weighted by Crippen LogP contribution is -2.49. The van der Waals surface area contributed by atoms with Crippen molar-refractivity contribution >= 4 is 40.9 Å². The van der Waals surface area contributed by atoms with Crippen molar-refractivity contribution in [1.82, 2.24) is 4.90 Å². The molecule has 0 aromatic heterocycles. The highest BCUT2D eigenvalue weighted by atomic mass is 35.5. The topological polar surface area (TPSA) is 74.7 Å². The summed E-state index contributed by atoms with van der Waals surface area (Å²) in [6.07, 6.45) is 4.44. The molecule has 1 saturated heterocycles. The van der Waals surface area contributed by atoms with Crippen LogP contribution in [0.4, 0.5) is 0 Å². The van der Waals surface area contributed by atoms with Gasteiger partial charge in [0.15, 0.2) is 5.78 Å². The van der Waals surface area contributed by atoms with Gasteiger partial charge in [0.25, 0.3) is 0 Å². The van der Waals surface area contributed by atoms with Crippen LogP contribution in [0.25, 0.3) is 0 Å². The number of ketones is 1. The molecule has 0 unspecified atom stereocenters. The molecule has 0 bridgehead atoms. The van der Waals surface area contributed by atoms with Gasteiger partial charge in [0.05, 0.1) is 17.0 Å². The third kappa shape index (κ3) is 5.05. The zero-order valence-corrected chi connectivity index (χ0v) is 22.4. The van der Waals surface area contributed by atoms with Crippen LogP contribution in [0, 0.1) is 23.2 Å². The number of halogens is 2. The van der Waals surface area contributed by atoms with E-state index in [1.807, 2.05) is 51.1 Å². The molecule has 192 valence electrons. The van der Waals surface area contributed by atoms with Gasteiger partial charge in [-0.2, -0.15) is 0 Å². The highest BCUT2D eigenvalue weighted by Crippen LogP contribution is 2.54. The van der Waals surface area contributed by atoms with E-state index in [1.165, 1.54) is 11.0 Å². The number of aliphatic carboxylic acids is 1. The zero-order valence-electron chi connectivity index (χ0n) is 20.9. The number of rotatable bonds is 5. The highest BCUT2D eigenvalue weighted by molar-refractivity contribution is 6.36. The van der Waals surface area contributed by atoms with Crippen LogP contribution in [0.3, 0.4) is 0 Å². The molecule has 0 radical (unpaired) electrons. The van der Waals surface area contributed by atoms with Gasteiger partial charge >= 0.3 is 5.97 Å². The van der Waals surface area contributed by atoms with E-state index in [-0.39, 0.29) is 28.2 Å². The summed E-state index contributed by atoms with van der Waals surface area (Å²) in [5, 5.41) is 11.2. The van der Waals surface area contributed by atoms with Crippen molar-refractivity contribution in [1.29, 1.82) is 0 Å². The van der Waals surface area contributed by atoms with Crippen LogP contribution in [-0.4, -0.2) is 33.7 Å². The van der Waals surface area contributed by atoms with Crippen LogP contribution < -0.4 is 0 Å². The summed E-state index contributed by atoms with van der Waals surface area (Å²) < 4.78 is 0. The number of hydrogen-bond acceptors (Lipinski definition) is 3. The summed E-state index contributed by atoms with van der Waals surface area (Å²) in [5.41, 5.74) is 0.403. The van der Waals surface area contributed by atoms with E-state index >= 15 is 0 Å². The van der Waals surface area contributed by atoms with Crippen molar-refractivity contribution in [2.45, 2.75) is 65.0 Å². The van der Waals surface area contributed by atoms with Crippen molar-refractivity contribution < 1.29 is 19.5 Å². The Morgan fingerprint density at radius 3 is 2.17 bits per heavy atom. The van der Waals surface area contributed by atoms with Crippen LogP contribution in [0.5, 0.6) is 0 Å². The number of nitrogens with zero attached hydrogens (tertiary/aromatic N) is 1. The molecule has 1 amide bonds. The van der Waals surface area contributed by atoms with Crippen LogP contribution >= 0.6 is 23.2 Å². The molecule has 4 rings (SSSR count). The number of likely N-dealkylation sites (tertiary alicyclic amines) is 1. The number of carbonyl (C=O) groups is 3. The van der Waals surface area contributed by atoms with Gasteiger partial charge in [-0.05, 0) is 42.0 Å². The van der Waals surface area contributed by atoms with Crippen molar-refractivity contribution in [2.75, 3.05) is 0 Å². The SMILES string of the molecule is CC(C)(C)[C@H]1[C@H](C(=O)c2cc(Cl)ccc2Cl)[C@H](c2ccccc2)N(C(=O)C2CCCCC2)[C@@H]1C(=O)O. The predicted molar refractivity (Wildman–Crippen MR) is 141 cm³/mol. The molecule has 1 heterocycles. The highest BCUT2D eigenvalue weighted by Gasteiger charge is 2.60. The molecule has 5 nitrogen and oxygen atoms in total. The molecule has 4 atom stereocenters. The van der Waals surface area contributed by atoms with Gasteiger partial charge in [0.1, 0.15) is 6.04 Å². The number of carboxylic acids is 1. The molecule has 7 heteroatoms. The molecule has 2 fully saturated rings. The lowest BCUT2D eigenvalue weighted by molar-refractivity contribution is -0.154. The Hall–Kier alpha value is -2.37. The lowest BCUT2D eigenvalue weighted by Gasteiger charge is -2.36. The Morgan fingerprint density at radius 2 is 1.58 bits per heavy atom. The zero-order chi connectivity index (χ0) is 26.2. The fourth-order valence-corrected chi connectivity index (χ4v) is 6.60. The molecule has 0 spiro atoms.